The van der Waals surface area contributed by atoms with Crippen LogP contribution in [0.2, 0.25) is 0 Å². The molecule has 0 atom stereocenters. The van der Waals surface area contributed by atoms with E-state index in [4.69, 9.17) is 0 Å². The first-order valence-electron chi connectivity index (χ1n) is 7.88. The minimum Gasteiger partial charge on any atom is -0.326 e. The van der Waals surface area contributed by atoms with E-state index in [9.17, 15) is 22.8 Å². The van der Waals surface area contributed by atoms with Gasteiger partial charge in [-0.3, -0.25) is 14.3 Å². The first-order valence-corrected chi connectivity index (χ1v) is 7.88. The second-order valence-corrected chi connectivity index (χ2v) is 6.21. The first-order chi connectivity index (χ1) is 12.1. The Labute approximate surface area is 148 Å². The lowest BCUT2D eigenvalue weighted by Crippen LogP contribution is -2.20. The van der Waals surface area contributed by atoms with E-state index in [1.807, 2.05) is 13.8 Å². The lowest BCUT2D eigenvalue weighted by molar-refractivity contribution is -0.144. The predicted molar refractivity (Wildman–Crippen MR) is 90.7 cm³/mol. The quantitative estimate of drug-likeness (QED) is 0.845. The van der Waals surface area contributed by atoms with Gasteiger partial charge in [0.1, 0.15) is 0 Å². The number of rotatable bonds is 5. The maximum Gasteiger partial charge on any atom is 0.433 e. The van der Waals surface area contributed by atoms with Crippen LogP contribution in [-0.4, -0.2) is 21.6 Å². The van der Waals surface area contributed by atoms with Crippen molar-refractivity contribution in [3.8, 4) is 0 Å². The summed E-state index contributed by atoms with van der Waals surface area (Å²) in [6.45, 7) is 3.84. The number of aromatic nitrogens is 2. The number of anilines is 2. The molecule has 2 aromatic rings. The van der Waals surface area contributed by atoms with E-state index in [-0.39, 0.29) is 11.8 Å². The van der Waals surface area contributed by atoms with Crippen molar-refractivity contribution in [1.82, 2.24) is 9.78 Å². The maximum atomic E-state index is 13.0. The molecule has 0 bridgehead atoms. The van der Waals surface area contributed by atoms with E-state index in [2.05, 4.69) is 15.7 Å². The average Bonchev–Trinajstić information content (AvgIpc) is 2.90. The van der Waals surface area contributed by atoms with Crippen molar-refractivity contribution >= 4 is 23.2 Å². The number of nitrogens with one attached hydrogen (secondary N) is 2. The van der Waals surface area contributed by atoms with Crippen LogP contribution in [0.15, 0.2) is 30.5 Å². The molecule has 1 heterocycles. The number of hydrogen-bond donors (Lipinski definition) is 2. The number of halogens is 3. The molecule has 2 amide bonds. The van der Waals surface area contributed by atoms with Gasteiger partial charge in [-0.1, -0.05) is 13.8 Å². The predicted octanol–water partition coefficient (Wildman–Crippen LogP) is 3.68. The summed E-state index contributed by atoms with van der Waals surface area (Å²) in [5.74, 6) is -0.833. The fraction of sp³-hybridized carbons (Fsp3) is 0.353. The van der Waals surface area contributed by atoms with Gasteiger partial charge in [0.15, 0.2) is 5.69 Å². The second-order valence-electron chi connectivity index (χ2n) is 6.21. The van der Waals surface area contributed by atoms with Crippen molar-refractivity contribution in [2.45, 2.75) is 26.4 Å². The normalized spacial score (nSPS) is 11.5. The van der Waals surface area contributed by atoms with Crippen molar-refractivity contribution in [1.29, 1.82) is 0 Å². The van der Waals surface area contributed by atoms with Crippen LogP contribution in [0.1, 0.15) is 36.3 Å². The average molecular weight is 368 g/mol. The molecule has 0 saturated heterocycles. The minimum atomic E-state index is -4.69. The van der Waals surface area contributed by atoms with Gasteiger partial charge in [-0.15, -0.1) is 0 Å². The summed E-state index contributed by atoms with van der Waals surface area (Å²) in [4.78, 5) is 23.9. The SMILES string of the molecule is CC(C)CC(=O)Nc1ccc(NC(=O)c2cnn(C)c2C(F)(F)F)cc1. The van der Waals surface area contributed by atoms with E-state index < -0.39 is 23.3 Å². The number of amides is 2. The van der Waals surface area contributed by atoms with E-state index in [0.717, 1.165) is 13.2 Å². The molecule has 1 aromatic carbocycles. The molecule has 6 nitrogen and oxygen atoms in total. The Balaban J connectivity index is 2.08. The van der Waals surface area contributed by atoms with E-state index >= 15 is 0 Å². The molecule has 2 rings (SSSR count). The molecule has 0 aliphatic rings. The zero-order chi connectivity index (χ0) is 19.5. The molecule has 0 aliphatic heterocycles. The van der Waals surface area contributed by atoms with E-state index in [1.54, 1.807) is 12.1 Å². The fourth-order valence-electron chi connectivity index (χ4n) is 2.36. The van der Waals surface area contributed by atoms with Gasteiger partial charge in [0.2, 0.25) is 5.91 Å². The van der Waals surface area contributed by atoms with Crippen LogP contribution in [0, 0.1) is 5.92 Å². The molecular formula is C17H19F3N4O2. The molecule has 0 spiro atoms. The molecule has 1 aromatic heterocycles. The lowest BCUT2D eigenvalue weighted by atomic mass is 10.1. The molecule has 0 aliphatic carbocycles. The molecule has 0 saturated carbocycles. The van der Waals surface area contributed by atoms with Gasteiger partial charge < -0.3 is 10.6 Å². The number of hydrogen-bond acceptors (Lipinski definition) is 3. The smallest absolute Gasteiger partial charge is 0.326 e. The van der Waals surface area contributed by atoms with Crippen LogP contribution in [0.25, 0.3) is 0 Å². The van der Waals surface area contributed by atoms with Crippen LogP contribution in [-0.2, 0) is 18.0 Å². The third kappa shape index (κ3) is 4.84. The van der Waals surface area contributed by atoms with Gasteiger partial charge >= 0.3 is 6.18 Å². The third-order valence-electron chi connectivity index (χ3n) is 3.47. The summed E-state index contributed by atoms with van der Waals surface area (Å²) in [5, 5.41) is 8.60. The summed E-state index contributed by atoms with van der Waals surface area (Å²) in [7, 11) is 1.12. The second kappa shape index (κ2) is 7.59. The molecule has 0 fully saturated rings. The largest absolute Gasteiger partial charge is 0.433 e. The number of alkyl halides is 3. The first kappa shape index (κ1) is 19.5. The molecule has 26 heavy (non-hydrogen) atoms. The van der Waals surface area contributed by atoms with Crippen molar-refractivity contribution < 1.29 is 22.8 Å². The van der Waals surface area contributed by atoms with Crippen LogP contribution >= 0.6 is 0 Å². The van der Waals surface area contributed by atoms with Gasteiger partial charge in [-0.25, -0.2) is 0 Å². The van der Waals surface area contributed by atoms with Gasteiger partial charge in [-0.2, -0.15) is 18.3 Å². The number of benzene rings is 1. The Bertz CT molecular complexity index is 795. The highest BCUT2D eigenvalue weighted by Crippen LogP contribution is 2.31. The van der Waals surface area contributed by atoms with Crippen LogP contribution in [0.3, 0.4) is 0 Å². The minimum absolute atomic E-state index is 0.137. The fourth-order valence-corrected chi connectivity index (χ4v) is 2.36. The van der Waals surface area contributed by atoms with Gasteiger partial charge in [0.25, 0.3) is 5.91 Å². The number of nitrogens with zero attached hydrogens (tertiary/aromatic N) is 2. The van der Waals surface area contributed by atoms with Crippen LogP contribution in [0.5, 0.6) is 0 Å². The highest BCUT2D eigenvalue weighted by atomic mass is 19.4. The maximum absolute atomic E-state index is 13.0. The molecule has 2 N–H and O–H groups in total. The Morgan fingerprint density at radius 1 is 1.12 bits per heavy atom. The summed E-state index contributed by atoms with van der Waals surface area (Å²) >= 11 is 0. The highest BCUT2D eigenvalue weighted by molar-refractivity contribution is 6.05. The summed E-state index contributed by atoms with van der Waals surface area (Å²) in [5.41, 5.74) is -0.846. The van der Waals surface area contributed by atoms with Gasteiger partial charge in [-0.05, 0) is 30.2 Å². The zero-order valence-corrected chi connectivity index (χ0v) is 14.5. The van der Waals surface area contributed by atoms with Crippen molar-refractivity contribution in [2.24, 2.45) is 13.0 Å². The van der Waals surface area contributed by atoms with Crippen LogP contribution in [0.4, 0.5) is 24.5 Å². The Morgan fingerprint density at radius 3 is 2.15 bits per heavy atom. The standard InChI is InChI=1S/C17H19F3N4O2/c1-10(2)8-14(25)22-11-4-6-12(7-5-11)23-16(26)13-9-21-24(3)15(13)17(18,19)20/h4-7,9-10H,8H2,1-3H3,(H,22,25)(H,23,26). The van der Waals surface area contributed by atoms with Gasteiger partial charge in [0.05, 0.1) is 11.8 Å². The number of aryl methyl sites for hydroxylation is 1. The Morgan fingerprint density at radius 2 is 1.65 bits per heavy atom. The zero-order valence-electron chi connectivity index (χ0n) is 14.5. The van der Waals surface area contributed by atoms with Crippen molar-refractivity contribution in [3.05, 3.63) is 41.7 Å². The summed E-state index contributed by atoms with van der Waals surface area (Å²) in [6, 6.07) is 6.10. The highest BCUT2D eigenvalue weighted by Gasteiger charge is 2.39. The van der Waals surface area contributed by atoms with Crippen molar-refractivity contribution in [3.63, 3.8) is 0 Å². The third-order valence-corrected chi connectivity index (χ3v) is 3.47. The monoisotopic (exact) mass is 368 g/mol. The van der Waals surface area contributed by atoms with Crippen molar-refractivity contribution in [2.75, 3.05) is 10.6 Å². The van der Waals surface area contributed by atoms with E-state index in [0.29, 0.717) is 22.5 Å². The molecule has 9 heteroatoms. The summed E-state index contributed by atoms with van der Waals surface area (Å²) < 4.78 is 39.7. The molecule has 0 unspecified atom stereocenters. The Hall–Kier alpha value is -2.84. The number of carbonyl (C=O) groups is 2. The molecule has 0 radical (unpaired) electrons. The summed E-state index contributed by atoms with van der Waals surface area (Å²) in [6.07, 6.45) is -3.44. The molecule has 140 valence electrons. The van der Waals surface area contributed by atoms with E-state index in [1.165, 1.54) is 12.1 Å². The van der Waals surface area contributed by atoms with Gasteiger partial charge in [0, 0.05) is 24.8 Å². The Kier molecular flexibility index (Phi) is 5.69. The molecular weight excluding hydrogens is 349 g/mol. The van der Waals surface area contributed by atoms with Crippen LogP contribution < -0.4 is 10.6 Å². The lowest BCUT2D eigenvalue weighted by Gasteiger charge is -2.11. The topological polar surface area (TPSA) is 76.0 Å². The number of carbonyl (C=O) groups excluding carboxylic acids is 2.